The molecule has 22 heavy (non-hydrogen) atoms. The second kappa shape index (κ2) is 7.54. The molecule has 0 bridgehead atoms. The maximum absolute atomic E-state index is 4.67. The van der Waals surface area contributed by atoms with E-state index < -0.39 is 0 Å². The van der Waals surface area contributed by atoms with Crippen LogP contribution in [0, 0.1) is 13.8 Å². The van der Waals surface area contributed by atoms with E-state index in [1.807, 2.05) is 13.4 Å². The van der Waals surface area contributed by atoms with E-state index in [-0.39, 0.29) is 0 Å². The van der Waals surface area contributed by atoms with Gasteiger partial charge in [0, 0.05) is 25.4 Å². The number of aliphatic imine (C=N–C) groups is 1. The normalized spacial score (nSPS) is 11.3. The van der Waals surface area contributed by atoms with Crippen molar-refractivity contribution in [2.75, 3.05) is 13.6 Å². The molecule has 0 unspecified atom stereocenters. The summed E-state index contributed by atoms with van der Waals surface area (Å²) < 4.78 is 0. The van der Waals surface area contributed by atoms with Gasteiger partial charge in [-0.05, 0) is 49.9 Å². The van der Waals surface area contributed by atoms with Crippen molar-refractivity contribution in [3.63, 3.8) is 0 Å². The molecular weight excluding hydrogens is 290 g/mol. The Labute approximate surface area is 137 Å². The molecule has 4 heteroatoms. The van der Waals surface area contributed by atoms with E-state index in [0.29, 0.717) is 0 Å². The zero-order valence-electron chi connectivity index (χ0n) is 14.2. The minimum Gasteiger partial charge on any atom is -0.366 e. The Kier molecular flexibility index (Phi) is 5.72. The van der Waals surface area contributed by atoms with Crippen LogP contribution in [0.3, 0.4) is 0 Å². The molecule has 0 amide bonds. The van der Waals surface area contributed by atoms with Gasteiger partial charge in [-0.1, -0.05) is 13.0 Å². The van der Waals surface area contributed by atoms with Gasteiger partial charge in [0.15, 0.2) is 0 Å². The first kappa shape index (κ1) is 16.7. The maximum Gasteiger partial charge on any atom is 0.0972 e. The Morgan fingerprint density at radius 2 is 2.00 bits per heavy atom. The van der Waals surface area contributed by atoms with Gasteiger partial charge in [0.1, 0.15) is 0 Å². The monoisotopic (exact) mass is 315 g/mol. The summed E-state index contributed by atoms with van der Waals surface area (Å²) in [5, 5.41) is 3.36. The van der Waals surface area contributed by atoms with Gasteiger partial charge in [-0.15, -0.1) is 11.3 Å². The number of aryl methyl sites for hydroxylation is 3. The summed E-state index contributed by atoms with van der Waals surface area (Å²) >= 11 is 1.76. The average molecular weight is 315 g/mol. The predicted octanol–water partition coefficient (Wildman–Crippen LogP) is 4.52. The highest BCUT2D eigenvalue weighted by atomic mass is 32.1. The minimum atomic E-state index is 0.913. The van der Waals surface area contributed by atoms with Crippen LogP contribution in [0.4, 0.5) is 5.69 Å². The van der Waals surface area contributed by atoms with Crippen LogP contribution in [0.1, 0.15) is 41.2 Å². The fourth-order valence-electron chi connectivity index (χ4n) is 2.19. The van der Waals surface area contributed by atoms with Crippen molar-refractivity contribution in [1.82, 2.24) is 9.88 Å². The lowest BCUT2D eigenvalue weighted by atomic mass is 10.0. The van der Waals surface area contributed by atoms with E-state index >= 15 is 0 Å². The third kappa shape index (κ3) is 4.17. The Morgan fingerprint density at radius 1 is 1.23 bits per heavy atom. The molecule has 1 aromatic heterocycles. The Hall–Kier alpha value is -1.68. The molecule has 0 fully saturated rings. The first-order valence-corrected chi connectivity index (χ1v) is 8.69. The molecule has 0 spiro atoms. The van der Waals surface area contributed by atoms with Crippen molar-refractivity contribution in [2.24, 2.45) is 4.99 Å². The van der Waals surface area contributed by atoms with Crippen LogP contribution in [0.25, 0.3) is 0 Å². The lowest BCUT2D eigenvalue weighted by molar-refractivity contribution is 0.552. The summed E-state index contributed by atoms with van der Waals surface area (Å²) in [5.41, 5.74) is 6.09. The highest BCUT2D eigenvalue weighted by molar-refractivity contribution is 7.09. The molecule has 1 aromatic carbocycles. The summed E-state index contributed by atoms with van der Waals surface area (Å²) in [6.07, 6.45) is 3.82. The van der Waals surface area contributed by atoms with Crippen LogP contribution in [-0.4, -0.2) is 29.8 Å². The molecule has 3 nitrogen and oxygen atoms in total. The van der Waals surface area contributed by atoms with E-state index in [1.54, 1.807) is 11.3 Å². The van der Waals surface area contributed by atoms with Crippen LogP contribution in [0.2, 0.25) is 0 Å². The lowest BCUT2D eigenvalue weighted by Gasteiger charge is -2.11. The van der Waals surface area contributed by atoms with Crippen LogP contribution < -0.4 is 0 Å². The topological polar surface area (TPSA) is 28.5 Å². The van der Waals surface area contributed by atoms with Gasteiger partial charge in [-0.25, -0.2) is 9.98 Å². The molecule has 1 heterocycles. The molecule has 118 valence electrons. The summed E-state index contributed by atoms with van der Waals surface area (Å²) in [5.74, 6) is 0. The van der Waals surface area contributed by atoms with Gasteiger partial charge in [-0.2, -0.15) is 0 Å². The first-order valence-electron chi connectivity index (χ1n) is 7.81. The van der Waals surface area contributed by atoms with E-state index in [4.69, 9.17) is 0 Å². The number of hydrogen-bond donors (Lipinski definition) is 0. The molecule has 0 saturated carbocycles. The lowest BCUT2D eigenvalue weighted by Crippen LogP contribution is -2.14. The standard InChI is InChI=1S/C18H25N3S/c1-6-16-11-22-18(20-16)10-15-8-14(4)17(9-13(15)3)19-12-21(5)7-2/h8-9,11-12H,6-7,10H2,1-5H3/b19-12+. The van der Waals surface area contributed by atoms with Crippen LogP contribution in [0.5, 0.6) is 0 Å². The number of rotatable bonds is 6. The number of thiazole rings is 1. The predicted molar refractivity (Wildman–Crippen MR) is 96.7 cm³/mol. The fourth-order valence-corrected chi connectivity index (χ4v) is 3.09. The number of hydrogen-bond acceptors (Lipinski definition) is 3. The molecule has 0 radical (unpaired) electrons. The zero-order valence-corrected chi connectivity index (χ0v) is 15.0. The van der Waals surface area contributed by atoms with Crippen LogP contribution >= 0.6 is 11.3 Å². The second-order valence-corrected chi connectivity index (χ2v) is 6.59. The average Bonchev–Trinajstić information content (AvgIpc) is 2.96. The SMILES string of the molecule is CCc1csc(Cc2cc(C)c(/N=C/N(C)CC)cc2C)n1. The highest BCUT2D eigenvalue weighted by Crippen LogP contribution is 2.25. The van der Waals surface area contributed by atoms with Crippen molar-refractivity contribution in [3.8, 4) is 0 Å². The second-order valence-electron chi connectivity index (χ2n) is 5.65. The maximum atomic E-state index is 4.67. The summed E-state index contributed by atoms with van der Waals surface area (Å²) in [6.45, 7) is 9.51. The molecule has 0 N–H and O–H groups in total. The summed E-state index contributed by atoms with van der Waals surface area (Å²) in [6, 6.07) is 4.43. The van der Waals surface area contributed by atoms with Crippen molar-refractivity contribution in [2.45, 2.75) is 40.5 Å². The highest BCUT2D eigenvalue weighted by Gasteiger charge is 2.08. The van der Waals surface area contributed by atoms with Crippen LogP contribution in [0.15, 0.2) is 22.5 Å². The molecule has 0 aliphatic heterocycles. The van der Waals surface area contributed by atoms with Crippen molar-refractivity contribution >= 4 is 23.4 Å². The molecule has 0 aliphatic rings. The molecule has 0 aliphatic carbocycles. The van der Waals surface area contributed by atoms with Gasteiger partial charge < -0.3 is 4.90 Å². The quantitative estimate of drug-likeness (QED) is 0.579. The fraction of sp³-hybridized carbons (Fsp3) is 0.444. The van der Waals surface area contributed by atoms with Gasteiger partial charge >= 0.3 is 0 Å². The number of benzene rings is 1. The molecule has 2 rings (SSSR count). The Bertz CT molecular complexity index is 658. The molecule has 0 saturated heterocycles. The molecule has 2 aromatic rings. The largest absolute Gasteiger partial charge is 0.366 e. The number of nitrogens with zero attached hydrogens (tertiary/aromatic N) is 3. The van der Waals surface area contributed by atoms with Gasteiger partial charge in [-0.3, -0.25) is 0 Å². The molecular formula is C18H25N3S. The Balaban J connectivity index is 2.20. The van der Waals surface area contributed by atoms with E-state index in [0.717, 1.165) is 25.1 Å². The van der Waals surface area contributed by atoms with Gasteiger partial charge in [0.25, 0.3) is 0 Å². The first-order chi connectivity index (χ1) is 10.5. The summed E-state index contributed by atoms with van der Waals surface area (Å²) in [7, 11) is 2.04. The summed E-state index contributed by atoms with van der Waals surface area (Å²) in [4.78, 5) is 11.3. The zero-order chi connectivity index (χ0) is 16.1. The van der Waals surface area contributed by atoms with Crippen molar-refractivity contribution < 1.29 is 0 Å². The van der Waals surface area contributed by atoms with Gasteiger partial charge in [0.05, 0.1) is 22.7 Å². The molecule has 0 atom stereocenters. The Morgan fingerprint density at radius 3 is 2.64 bits per heavy atom. The third-order valence-electron chi connectivity index (χ3n) is 3.85. The van der Waals surface area contributed by atoms with E-state index in [1.165, 1.54) is 27.4 Å². The number of aromatic nitrogens is 1. The van der Waals surface area contributed by atoms with Crippen LogP contribution in [-0.2, 0) is 12.8 Å². The van der Waals surface area contributed by atoms with Crippen molar-refractivity contribution in [1.29, 1.82) is 0 Å². The minimum absolute atomic E-state index is 0.913. The van der Waals surface area contributed by atoms with Crippen molar-refractivity contribution in [3.05, 3.63) is 44.9 Å². The third-order valence-corrected chi connectivity index (χ3v) is 4.75. The van der Waals surface area contributed by atoms with E-state index in [9.17, 15) is 0 Å². The van der Waals surface area contributed by atoms with E-state index in [2.05, 4.69) is 60.1 Å². The smallest absolute Gasteiger partial charge is 0.0972 e. The van der Waals surface area contributed by atoms with Gasteiger partial charge in [0.2, 0.25) is 0 Å².